The van der Waals surface area contributed by atoms with Crippen molar-refractivity contribution in [2.24, 2.45) is 10.7 Å². The van der Waals surface area contributed by atoms with Crippen molar-refractivity contribution in [2.45, 2.75) is 51.0 Å². The SMILES string of the molecule is CN1C(=O)[C@]2(CCCc3sc(C(C)(C)C)cc32)N=C1N. The number of rotatable bonds is 0. The molecule has 0 saturated carbocycles. The van der Waals surface area contributed by atoms with Gasteiger partial charge in [0.05, 0.1) is 0 Å². The molecule has 1 amide bonds. The van der Waals surface area contributed by atoms with E-state index in [0.29, 0.717) is 5.96 Å². The predicted octanol–water partition coefficient (Wildman–Crippen LogP) is 2.36. The Morgan fingerprint density at radius 3 is 2.70 bits per heavy atom. The Morgan fingerprint density at radius 1 is 1.45 bits per heavy atom. The summed E-state index contributed by atoms with van der Waals surface area (Å²) in [6, 6.07) is 2.19. The Bertz CT molecular complexity index is 611. The van der Waals surface area contributed by atoms with Crippen LogP contribution in [0.5, 0.6) is 0 Å². The van der Waals surface area contributed by atoms with Gasteiger partial charge in [-0.15, -0.1) is 11.3 Å². The second-order valence-electron chi connectivity index (χ2n) is 6.75. The first-order valence-electron chi connectivity index (χ1n) is 7.03. The molecule has 3 rings (SSSR count). The maximum atomic E-state index is 12.7. The number of likely N-dealkylation sites (N-methyl/N-ethyl adjacent to an activating group) is 1. The molecule has 1 aromatic heterocycles. The van der Waals surface area contributed by atoms with E-state index in [9.17, 15) is 4.79 Å². The summed E-state index contributed by atoms with van der Waals surface area (Å²) in [7, 11) is 1.71. The number of amides is 1. The summed E-state index contributed by atoms with van der Waals surface area (Å²) in [5.41, 5.74) is 6.34. The minimum absolute atomic E-state index is 0.0224. The molecule has 1 aromatic rings. The number of nitrogens with two attached hydrogens (primary N) is 1. The number of hydrogen-bond acceptors (Lipinski definition) is 4. The van der Waals surface area contributed by atoms with E-state index in [4.69, 9.17) is 5.73 Å². The number of guanidine groups is 1. The van der Waals surface area contributed by atoms with Crippen LogP contribution >= 0.6 is 11.3 Å². The molecule has 2 aliphatic rings. The molecular weight excluding hydrogens is 270 g/mol. The highest BCUT2D eigenvalue weighted by atomic mass is 32.1. The van der Waals surface area contributed by atoms with Crippen LogP contribution in [0, 0.1) is 0 Å². The molecule has 0 bridgehead atoms. The molecule has 20 heavy (non-hydrogen) atoms. The molecule has 0 saturated heterocycles. The van der Waals surface area contributed by atoms with Crippen molar-refractivity contribution < 1.29 is 4.79 Å². The highest BCUT2D eigenvalue weighted by Crippen LogP contribution is 2.47. The van der Waals surface area contributed by atoms with E-state index in [1.54, 1.807) is 7.05 Å². The number of nitrogens with zero attached hydrogens (tertiary/aromatic N) is 2. The number of carbonyl (C=O) groups excluding carboxylic acids is 1. The van der Waals surface area contributed by atoms with E-state index in [1.165, 1.54) is 14.7 Å². The summed E-state index contributed by atoms with van der Waals surface area (Å²) < 4.78 is 0. The highest BCUT2D eigenvalue weighted by molar-refractivity contribution is 7.12. The third-order valence-corrected chi connectivity index (χ3v) is 5.86. The Kier molecular flexibility index (Phi) is 2.77. The van der Waals surface area contributed by atoms with Crippen molar-refractivity contribution >= 4 is 23.2 Å². The Labute approximate surface area is 123 Å². The van der Waals surface area contributed by atoms with Crippen molar-refractivity contribution in [3.63, 3.8) is 0 Å². The minimum Gasteiger partial charge on any atom is -0.369 e. The van der Waals surface area contributed by atoms with Crippen LogP contribution in [0.15, 0.2) is 11.1 Å². The van der Waals surface area contributed by atoms with Crippen LogP contribution in [-0.2, 0) is 22.2 Å². The fourth-order valence-electron chi connectivity index (χ4n) is 3.01. The van der Waals surface area contributed by atoms with Crippen LogP contribution in [0.3, 0.4) is 0 Å². The highest BCUT2D eigenvalue weighted by Gasteiger charge is 2.51. The van der Waals surface area contributed by atoms with Gasteiger partial charge < -0.3 is 5.73 Å². The Balaban J connectivity index is 2.16. The average Bonchev–Trinajstić information content (AvgIpc) is 2.88. The lowest BCUT2D eigenvalue weighted by molar-refractivity contribution is -0.131. The summed E-state index contributed by atoms with van der Waals surface area (Å²) in [4.78, 5) is 21.3. The van der Waals surface area contributed by atoms with Gasteiger partial charge >= 0.3 is 0 Å². The molecule has 1 atom stereocenters. The summed E-state index contributed by atoms with van der Waals surface area (Å²) in [5.74, 6) is 0.362. The molecule has 0 aromatic carbocycles. The lowest BCUT2D eigenvalue weighted by atomic mass is 9.79. The third kappa shape index (κ3) is 1.72. The van der Waals surface area contributed by atoms with Crippen LogP contribution in [0.25, 0.3) is 0 Å². The number of aliphatic imine (C=N–C) groups is 1. The van der Waals surface area contributed by atoms with Crippen molar-refractivity contribution in [1.29, 1.82) is 0 Å². The molecule has 0 radical (unpaired) electrons. The number of carbonyl (C=O) groups is 1. The second kappa shape index (κ2) is 4.07. The van der Waals surface area contributed by atoms with Crippen LogP contribution in [0.4, 0.5) is 0 Å². The van der Waals surface area contributed by atoms with Gasteiger partial charge in [0, 0.05) is 22.4 Å². The molecule has 1 spiro atoms. The molecule has 0 fully saturated rings. The van der Waals surface area contributed by atoms with Crippen LogP contribution in [-0.4, -0.2) is 23.8 Å². The number of hydrogen-bond donors (Lipinski definition) is 1. The molecule has 0 unspecified atom stereocenters. The number of aryl methyl sites for hydroxylation is 1. The molecule has 2 heterocycles. The van der Waals surface area contributed by atoms with Gasteiger partial charge in [0.15, 0.2) is 11.5 Å². The van der Waals surface area contributed by atoms with Crippen molar-refractivity contribution in [3.05, 3.63) is 21.4 Å². The molecule has 5 heteroatoms. The topological polar surface area (TPSA) is 58.7 Å². The van der Waals surface area contributed by atoms with Gasteiger partial charge in [-0.25, -0.2) is 4.99 Å². The zero-order valence-corrected chi connectivity index (χ0v) is 13.3. The maximum Gasteiger partial charge on any atom is 0.261 e. The van der Waals surface area contributed by atoms with Gasteiger partial charge in [-0.05, 0) is 30.7 Å². The monoisotopic (exact) mass is 291 g/mol. The first kappa shape index (κ1) is 13.6. The van der Waals surface area contributed by atoms with Gasteiger partial charge in [-0.3, -0.25) is 9.69 Å². The molecule has 4 nitrogen and oxygen atoms in total. The van der Waals surface area contributed by atoms with Crippen molar-refractivity contribution in [3.8, 4) is 0 Å². The lowest BCUT2D eigenvalue weighted by Gasteiger charge is -2.29. The van der Waals surface area contributed by atoms with E-state index < -0.39 is 5.54 Å². The summed E-state index contributed by atoms with van der Waals surface area (Å²) in [6.45, 7) is 6.62. The van der Waals surface area contributed by atoms with Crippen LogP contribution in [0.1, 0.15) is 48.9 Å². The van der Waals surface area contributed by atoms with Gasteiger partial charge in [-0.1, -0.05) is 20.8 Å². The normalized spacial score (nSPS) is 26.1. The molecular formula is C15H21N3OS. The average molecular weight is 291 g/mol. The fraction of sp³-hybridized carbons (Fsp3) is 0.600. The lowest BCUT2D eigenvalue weighted by Crippen LogP contribution is -2.41. The summed E-state index contributed by atoms with van der Waals surface area (Å²) in [5, 5.41) is 0. The number of fused-ring (bicyclic) bond motifs is 2. The summed E-state index contributed by atoms with van der Waals surface area (Å²) >= 11 is 1.83. The first-order valence-corrected chi connectivity index (χ1v) is 7.84. The second-order valence-corrected chi connectivity index (χ2v) is 7.88. The van der Waals surface area contributed by atoms with E-state index >= 15 is 0 Å². The maximum absolute atomic E-state index is 12.7. The third-order valence-electron chi connectivity index (χ3n) is 4.24. The van der Waals surface area contributed by atoms with Gasteiger partial charge in [0.2, 0.25) is 0 Å². The van der Waals surface area contributed by atoms with Gasteiger partial charge in [0.1, 0.15) is 0 Å². The quantitative estimate of drug-likeness (QED) is 0.797. The zero-order valence-electron chi connectivity index (χ0n) is 12.5. The first-order chi connectivity index (χ1) is 9.25. The van der Waals surface area contributed by atoms with E-state index in [1.807, 2.05) is 11.3 Å². The number of thiophene rings is 1. The van der Waals surface area contributed by atoms with E-state index in [-0.39, 0.29) is 11.3 Å². The zero-order chi connectivity index (χ0) is 14.7. The smallest absolute Gasteiger partial charge is 0.261 e. The molecule has 2 N–H and O–H groups in total. The molecule has 108 valence electrons. The van der Waals surface area contributed by atoms with E-state index in [2.05, 4.69) is 31.8 Å². The van der Waals surface area contributed by atoms with Gasteiger partial charge in [0.25, 0.3) is 5.91 Å². The Hall–Kier alpha value is -1.36. The van der Waals surface area contributed by atoms with Crippen LogP contribution in [0.2, 0.25) is 0 Å². The fourth-order valence-corrected chi connectivity index (χ4v) is 4.34. The standard InChI is InChI=1S/C15H21N3OS/c1-14(2,3)11-8-9-10(20-11)6-5-7-15(9)12(19)18(4)13(16)17-15/h8H,5-7H2,1-4H3,(H2,16,17)/t15-/m1/s1. The van der Waals surface area contributed by atoms with Crippen molar-refractivity contribution in [1.82, 2.24) is 4.90 Å². The largest absolute Gasteiger partial charge is 0.369 e. The summed E-state index contributed by atoms with van der Waals surface area (Å²) in [6.07, 6.45) is 2.81. The predicted molar refractivity (Wildman–Crippen MR) is 82.0 cm³/mol. The minimum atomic E-state index is -0.744. The molecule has 1 aliphatic carbocycles. The molecule has 1 aliphatic heterocycles. The van der Waals surface area contributed by atoms with Gasteiger partial charge in [-0.2, -0.15) is 0 Å². The Morgan fingerprint density at radius 2 is 2.15 bits per heavy atom. The van der Waals surface area contributed by atoms with Crippen LogP contribution < -0.4 is 5.73 Å². The van der Waals surface area contributed by atoms with E-state index in [0.717, 1.165) is 24.8 Å². The van der Waals surface area contributed by atoms with Crippen molar-refractivity contribution in [2.75, 3.05) is 7.05 Å².